The fourth-order valence-corrected chi connectivity index (χ4v) is 6.27. The van der Waals surface area contributed by atoms with Crippen LogP contribution in [0.15, 0.2) is 36.4 Å². The van der Waals surface area contributed by atoms with Crippen LogP contribution in [0.1, 0.15) is 44.6 Å². The van der Waals surface area contributed by atoms with Gasteiger partial charge in [-0.05, 0) is 79.5 Å². The van der Waals surface area contributed by atoms with Gasteiger partial charge in [0.2, 0.25) is 0 Å². The first-order valence-corrected chi connectivity index (χ1v) is 10.2. The summed E-state index contributed by atoms with van der Waals surface area (Å²) in [6.45, 7) is 3.73. The highest BCUT2D eigenvalue weighted by atomic mass is 16.5. The Bertz CT molecular complexity index is 740. The van der Waals surface area contributed by atoms with Gasteiger partial charge >= 0.3 is 0 Å². The molecular formula is C23H29NO. The lowest BCUT2D eigenvalue weighted by molar-refractivity contribution is -0.0143. The number of benzene rings is 2. The van der Waals surface area contributed by atoms with E-state index in [-0.39, 0.29) is 0 Å². The van der Waals surface area contributed by atoms with Crippen molar-refractivity contribution in [2.45, 2.75) is 51.6 Å². The molecule has 0 unspecified atom stereocenters. The van der Waals surface area contributed by atoms with Crippen molar-refractivity contribution in [2.24, 2.45) is 23.7 Å². The van der Waals surface area contributed by atoms with Crippen LogP contribution >= 0.6 is 0 Å². The summed E-state index contributed by atoms with van der Waals surface area (Å²) < 4.78 is 5.96. The van der Waals surface area contributed by atoms with Crippen LogP contribution in [-0.4, -0.2) is 12.6 Å². The van der Waals surface area contributed by atoms with E-state index >= 15 is 0 Å². The lowest BCUT2D eigenvalue weighted by Gasteiger charge is -2.54. The second kappa shape index (κ2) is 6.32. The van der Waals surface area contributed by atoms with Crippen LogP contribution in [0, 0.1) is 23.7 Å². The van der Waals surface area contributed by atoms with E-state index in [4.69, 9.17) is 4.74 Å². The van der Waals surface area contributed by atoms with Crippen LogP contribution in [0.25, 0.3) is 10.8 Å². The minimum Gasteiger partial charge on any atom is -0.494 e. The van der Waals surface area contributed by atoms with Gasteiger partial charge in [0.25, 0.3) is 0 Å². The number of hydrogen-bond donors (Lipinski definition) is 1. The van der Waals surface area contributed by atoms with Gasteiger partial charge in [-0.25, -0.2) is 0 Å². The molecule has 0 aliphatic heterocycles. The van der Waals surface area contributed by atoms with Gasteiger partial charge in [-0.3, -0.25) is 0 Å². The van der Waals surface area contributed by atoms with Crippen LogP contribution < -0.4 is 10.1 Å². The molecule has 4 aliphatic rings. The van der Waals surface area contributed by atoms with Gasteiger partial charge in [0.15, 0.2) is 0 Å². The van der Waals surface area contributed by atoms with Gasteiger partial charge in [-0.15, -0.1) is 0 Å². The minimum absolute atomic E-state index is 0.723. The fraction of sp³-hybridized carbons (Fsp3) is 0.565. The summed E-state index contributed by atoms with van der Waals surface area (Å²) in [6, 6.07) is 13.8. The Labute approximate surface area is 151 Å². The average molecular weight is 335 g/mol. The van der Waals surface area contributed by atoms with Crippen LogP contribution in [0.3, 0.4) is 0 Å². The third-order valence-electron chi connectivity index (χ3n) is 7.04. The van der Waals surface area contributed by atoms with Gasteiger partial charge in [-0.1, -0.05) is 30.3 Å². The Morgan fingerprint density at radius 1 is 0.920 bits per heavy atom. The molecule has 132 valence electrons. The van der Waals surface area contributed by atoms with E-state index in [1.54, 1.807) is 0 Å². The summed E-state index contributed by atoms with van der Waals surface area (Å²) in [7, 11) is 0. The fourth-order valence-electron chi connectivity index (χ4n) is 6.27. The number of fused-ring (bicyclic) bond motifs is 1. The molecule has 2 aromatic rings. The Morgan fingerprint density at radius 3 is 2.36 bits per heavy atom. The monoisotopic (exact) mass is 335 g/mol. The standard InChI is InChI=1S/C23H29NO/c1-2-25-22-8-7-17-5-3-4-6-20(17)21(22)14-24-23-18-10-15-9-16(12-18)13-19(23)11-15/h3-8,15-16,18-19,23-24H,2,9-14H2,1H3. The second-order valence-electron chi connectivity index (χ2n) is 8.53. The van der Waals surface area contributed by atoms with Crippen molar-refractivity contribution in [3.05, 3.63) is 42.0 Å². The molecule has 2 heteroatoms. The molecule has 2 aromatic carbocycles. The van der Waals surface area contributed by atoms with Crippen LogP contribution in [0.4, 0.5) is 0 Å². The van der Waals surface area contributed by atoms with Gasteiger partial charge < -0.3 is 10.1 Å². The number of hydrogen-bond acceptors (Lipinski definition) is 2. The lowest BCUT2D eigenvalue weighted by Crippen LogP contribution is -2.54. The summed E-state index contributed by atoms with van der Waals surface area (Å²) in [5.41, 5.74) is 1.34. The van der Waals surface area contributed by atoms with Crippen LogP contribution in [-0.2, 0) is 6.54 Å². The first kappa shape index (κ1) is 15.7. The molecule has 0 radical (unpaired) electrons. The maximum atomic E-state index is 5.96. The SMILES string of the molecule is CCOc1ccc2ccccc2c1CNC1C2CC3CC(C2)CC1C3. The largest absolute Gasteiger partial charge is 0.494 e. The van der Waals surface area contributed by atoms with E-state index in [0.717, 1.165) is 48.6 Å². The van der Waals surface area contributed by atoms with Gasteiger partial charge in [0.05, 0.1) is 6.61 Å². The molecule has 2 nitrogen and oxygen atoms in total. The molecule has 6 rings (SSSR count). The zero-order valence-electron chi connectivity index (χ0n) is 15.2. The van der Waals surface area contributed by atoms with E-state index in [1.807, 2.05) is 0 Å². The Kier molecular flexibility index (Phi) is 3.97. The van der Waals surface area contributed by atoms with Crippen molar-refractivity contribution in [3.63, 3.8) is 0 Å². The third-order valence-corrected chi connectivity index (χ3v) is 7.04. The van der Waals surface area contributed by atoms with E-state index in [9.17, 15) is 0 Å². The van der Waals surface area contributed by atoms with E-state index in [2.05, 4.69) is 48.6 Å². The summed E-state index contributed by atoms with van der Waals surface area (Å²) >= 11 is 0. The first-order valence-electron chi connectivity index (χ1n) is 10.2. The molecule has 1 N–H and O–H groups in total. The molecule has 4 bridgehead atoms. The highest BCUT2D eigenvalue weighted by Crippen LogP contribution is 2.53. The second-order valence-corrected chi connectivity index (χ2v) is 8.53. The van der Waals surface area contributed by atoms with Crippen molar-refractivity contribution < 1.29 is 4.74 Å². The predicted octanol–water partition coefficient (Wildman–Crippen LogP) is 5.15. The van der Waals surface area contributed by atoms with Crippen molar-refractivity contribution >= 4 is 10.8 Å². The smallest absolute Gasteiger partial charge is 0.124 e. The number of nitrogens with one attached hydrogen (secondary N) is 1. The summed E-state index contributed by atoms with van der Waals surface area (Å²) in [5.74, 6) is 4.97. The summed E-state index contributed by atoms with van der Waals surface area (Å²) in [6.07, 6.45) is 7.41. The normalized spacial score (nSPS) is 33.1. The minimum atomic E-state index is 0.723. The van der Waals surface area contributed by atoms with Crippen LogP contribution in [0.2, 0.25) is 0 Å². The molecule has 4 aliphatic carbocycles. The Morgan fingerprint density at radius 2 is 1.64 bits per heavy atom. The molecule has 0 saturated heterocycles. The summed E-state index contributed by atoms with van der Waals surface area (Å²) in [4.78, 5) is 0. The zero-order valence-corrected chi connectivity index (χ0v) is 15.2. The molecule has 0 amide bonds. The number of rotatable bonds is 5. The Balaban J connectivity index is 1.41. The third kappa shape index (κ3) is 2.75. The Hall–Kier alpha value is -1.54. The lowest BCUT2D eigenvalue weighted by atomic mass is 9.54. The van der Waals surface area contributed by atoms with Crippen molar-refractivity contribution in [1.29, 1.82) is 0 Å². The highest BCUT2D eigenvalue weighted by molar-refractivity contribution is 5.87. The summed E-state index contributed by atoms with van der Waals surface area (Å²) in [5, 5.41) is 6.64. The maximum Gasteiger partial charge on any atom is 0.124 e. The maximum absolute atomic E-state index is 5.96. The molecule has 0 aromatic heterocycles. The highest BCUT2D eigenvalue weighted by Gasteiger charge is 2.47. The first-order chi connectivity index (χ1) is 12.3. The molecular weight excluding hydrogens is 306 g/mol. The topological polar surface area (TPSA) is 21.3 Å². The zero-order chi connectivity index (χ0) is 16.8. The molecule has 25 heavy (non-hydrogen) atoms. The quantitative estimate of drug-likeness (QED) is 0.815. The molecule has 0 heterocycles. The van der Waals surface area contributed by atoms with E-state index < -0.39 is 0 Å². The molecule has 4 saturated carbocycles. The average Bonchev–Trinajstić information content (AvgIpc) is 2.62. The van der Waals surface area contributed by atoms with Gasteiger partial charge in [0, 0.05) is 18.2 Å². The van der Waals surface area contributed by atoms with Gasteiger partial charge in [-0.2, -0.15) is 0 Å². The number of ether oxygens (including phenoxy) is 1. The molecule has 0 atom stereocenters. The van der Waals surface area contributed by atoms with Crippen molar-refractivity contribution in [3.8, 4) is 5.75 Å². The van der Waals surface area contributed by atoms with Crippen LogP contribution in [0.5, 0.6) is 5.75 Å². The van der Waals surface area contributed by atoms with Crippen molar-refractivity contribution in [2.75, 3.05) is 6.61 Å². The van der Waals surface area contributed by atoms with Crippen molar-refractivity contribution in [1.82, 2.24) is 5.32 Å². The van der Waals surface area contributed by atoms with E-state index in [1.165, 1.54) is 48.4 Å². The molecule has 4 fully saturated rings. The molecule has 0 spiro atoms. The van der Waals surface area contributed by atoms with Gasteiger partial charge in [0.1, 0.15) is 5.75 Å². The predicted molar refractivity (Wildman–Crippen MR) is 103 cm³/mol. The van der Waals surface area contributed by atoms with E-state index in [0.29, 0.717) is 0 Å².